The van der Waals surface area contributed by atoms with E-state index in [1.807, 2.05) is 12.1 Å². The van der Waals surface area contributed by atoms with Gasteiger partial charge in [-0.25, -0.2) is 4.79 Å². The van der Waals surface area contributed by atoms with E-state index in [2.05, 4.69) is 15.9 Å². The van der Waals surface area contributed by atoms with Crippen LogP contribution in [0.15, 0.2) is 45.8 Å². The van der Waals surface area contributed by atoms with E-state index in [1.165, 1.54) is 0 Å². The molecule has 0 aliphatic rings. The van der Waals surface area contributed by atoms with Crippen LogP contribution in [-0.2, 0) is 11.3 Å². The van der Waals surface area contributed by atoms with Gasteiger partial charge in [0.2, 0.25) is 0 Å². The molecule has 4 nitrogen and oxygen atoms in total. The van der Waals surface area contributed by atoms with Gasteiger partial charge in [-0.1, -0.05) is 12.1 Å². The molecule has 0 unspecified atom stereocenters. The summed E-state index contributed by atoms with van der Waals surface area (Å²) in [6.07, 6.45) is 1.76. The molecule has 0 fully saturated rings. The van der Waals surface area contributed by atoms with Crippen LogP contribution in [-0.4, -0.2) is 17.1 Å². The van der Waals surface area contributed by atoms with Gasteiger partial charge < -0.3 is 9.30 Å². The third-order valence-corrected chi connectivity index (χ3v) is 3.48. The maximum Gasteiger partial charge on any atom is 0.338 e. The second-order valence-corrected chi connectivity index (χ2v) is 5.61. The maximum atomic E-state index is 12.1. The van der Waals surface area contributed by atoms with Crippen LogP contribution in [0, 0.1) is 6.92 Å². The van der Waals surface area contributed by atoms with Crippen LogP contribution < -0.4 is 5.56 Å². The number of halogens is 1. The lowest BCUT2D eigenvalue weighted by molar-refractivity contribution is 0.0526. The molecule has 0 saturated carbocycles. The molecule has 0 saturated heterocycles. The maximum absolute atomic E-state index is 12.1. The summed E-state index contributed by atoms with van der Waals surface area (Å²) in [6, 6.07) is 8.87. The van der Waals surface area contributed by atoms with Gasteiger partial charge in [-0.2, -0.15) is 0 Å². The van der Waals surface area contributed by atoms with E-state index in [1.54, 1.807) is 42.8 Å². The Kier molecular flexibility index (Phi) is 4.96. The van der Waals surface area contributed by atoms with E-state index >= 15 is 0 Å². The van der Waals surface area contributed by atoms with Crippen molar-refractivity contribution in [3.63, 3.8) is 0 Å². The summed E-state index contributed by atoms with van der Waals surface area (Å²) < 4.78 is 7.44. The molecule has 0 amide bonds. The minimum Gasteiger partial charge on any atom is -0.462 e. The third kappa shape index (κ3) is 3.82. The van der Waals surface area contributed by atoms with Crippen molar-refractivity contribution in [3.8, 4) is 0 Å². The first-order chi connectivity index (χ1) is 10.0. The number of benzene rings is 1. The SMILES string of the molecule is CCOC(=O)c1ccc(Cn2cc(Br)cc(C)c2=O)cc1. The summed E-state index contributed by atoms with van der Waals surface area (Å²) in [4.78, 5) is 23.6. The van der Waals surface area contributed by atoms with E-state index in [-0.39, 0.29) is 11.5 Å². The zero-order valence-electron chi connectivity index (χ0n) is 11.9. The first-order valence-corrected chi connectivity index (χ1v) is 7.43. The second kappa shape index (κ2) is 6.72. The summed E-state index contributed by atoms with van der Waals surface area (Å²) in [6.45, 7) is 4.37. The minimum atomic E-state index is -0.334. The van der Waals surface area contributed by atoms with Crippen molar-refractivity contribution in [1.29, 1.82) is 0 Å². The monoisotopic (exact) mass is 349 g/mol. The van der Waals surface area contributed by atoms with Crippen LogP contribution in [0.3, 0.4) is 0 Å². The van der Waals surface area contributed by atoms with Crippen molar-refractivity contribution in [2.45, 2.75) is 20.4 Å². The number of aryl methyl sites for hydroxylation is 1. The summed E-state index contributed by atoms with van der Waals surface area (Å²) in [5.74, 6) is -0.334. The first-order valence-electron chi connectivity index (χ1n) is 6.64. The molecule has 1 heterocycles. The number of rotatable bonds is 4. The van der Waals surface area contributed by atoms with Gasteiger partial charge in [-0.15, -0.1) is 0 Å². The van der Waals surface area contributed by atoms with Gasteiger partial charge in [-0.3, -0.25) is 4.79 Å². The van der Waals surface area contributed by atoms with Crippen molar-refractivity contribution in [2.75, 3.05) is 6.61 Å². The lowest BCUT2D eigenvalue weighted by atomic mass is 10.1. The lowest BCUT2D eigenvalue weighted by Crippen LogP contribution is -2.22. The van der Waals surface area contributed by atoms with Gasteiger partial charge in [0.15, 0.2) is 0 Å². The quantitative estimate of drug-likeness (QED) is 0.796. The third-order valence-electron chi connectivity index (χ3n) is 3.05. The lowest BCUT2D eigenvalue weighted by Gasteiger charge is -2.08. The van der Waals surface area contributed by atoms with E-state index in [0.717, 1.165) is 10.0 Å². The van der Waals surface area contributed by atoms with Gasteiger partial charge in [0, 0.05) is 16.2 Å². The zero-order chi connectivity index (χ0) is 15.4. The molecule has 0 bridgehead atoms. The first kappa shape index (κ1) is 15.5. The number of nitrogens with zero attached hydrogens (tertiary/aromatic N) is 1. The van der Waals surface area contributed by atoms with Gasteiger partial charge >= 0.3 is 5.97 Å². The fourth-order valence-electron chi connectivity index (χ4n) is 2.01. The van der Waals surface area contributed by atoms with Crippen LogP contribution in [0.2, 0.25) is 0 Å². The van der Waals surface area contributed by atoms with Crippen LogP contribution >= 0.6 is 15.9 Å². The van der Waals surface area contributed by atoms with Crippen LogP contribution in [0.4, 0.5) is 0 Å². The Hall–Kier alpha value is -1.88. The standard InChI is InChI=1S/C16H16BrNO3/c1-3-21-16(20)13-6-4-12(5-7-13)9-18-10-14(17)8-11(2)15(18)19/h4-8,10H,3,9H2,1-2H3. The smallest absolute Gasteiger partial charge is 0.338 e. The average Bonchev–Trinajstić information content (AvgIpc) is 2.45. The highest BCUT2D eigenvalue weighted by atomic mass is 79.9. The van der Waals surface area contributed by atoms with Crippen LogP contribution in [0.1, 0.15) is 28.4 Å². The Labute approximate surface area is 131 Å². The minimum absolute atomic E-state index is 0.0207. The molecule has 0 atom stereocenters. The fraction of sp³-hybridized carbons (Fsp3) is 0.250. The Bertz CT molecular complexity index is 704. The van der Waals surface area contributed by atoms with Gasteiger partial charge in [0.05, 0.1) is 18.7 Å². The van der Waals surface area contributed by atoms with E-state index in [9.17, 15) is 9.59 Å². The number of hydrogen-bond donors (Lipinski definition) is 0. The van der Waals surface area contributed by atoms with Crippen molar-refractivity contribution in [2.24, 2.45) is 0 Å². The van der Waals surface area contributed by atoms with Crippen molar-refractivity contribution < 1.29 is 9.53 Å². The Morgan fingerprint density at radius 2 is 1.95 bits per heavy atom. The molecule has 21 heavy (non-hydrogen) atoms. The molecule has 2 aromatic rings. The van der Waals surface area contributed by atoms with E-state index in [4.69, 9.17) is 4.74 Å². The fourth-order valence-corrected chi connectivity index (χ4v) is 2.61. The summed E-state index contributed by atoms with van der Waals surface area (Å²) >= 11 is 3.39. The predicted molar refractivity (Wildman–Crippen MR) is 84.6 cm³/mol. The topological polar surface area (TPSA) is 48.3 Å². The number of ether oxygens (including phenoxy) is 1. The van der Waals surface area contributed by atoms with Crippen molar-refractivity contribution in [3.05, 3.63) is 68.0 Å². The number of carbonyl (C=O) groups excluding carboxylic acids is 1. The molecular weight excluding hydrogens is 334 g/mol. The molecule has 0 N–H and O–H groups in total. The number of pyridine rings is 1. The largest absolute Gasteiger partial charge is 0.462 e. The van der Waals surface area contributed by atoms with Gasteiger partial charge in [0.25, 0.3) is 5.56 Å². The molecule has 1 aromatic carbocycles. The number of hydrogen-bond acceptors (Lipinski definition) is 3. The Morgan fingerprint density at radius 3 is 2.57 bits per heavy atom. The summed E-state index contributed by atoms with van der Waals surface area (Å²) in [5.41, 5.74) is 2.13. The highest BCUT2D eigenvalue weighted by molar-refractivity contribution is 9.10. The molecule has 0 spiro atoms. The molecule has 2 rings (SSSR count). The average molecular weight is 350 g/mol. The second-order valence-electron chi connectivity index (χ2n) is 4.69. The van der Waals surface area contributed by atoms with Gasteiger partial charge in [0.1, 0.15) is 0 Å². The molecule has 110 valence electrons. The molecule has 0 aliphatic heterocycles. The molecule has 1 aromatic heterocycles. The molecule has 0 aliphatic carbocycles. The molecular formula is C16H16BrNO3. The Balaban J connectivity index is 2.21. The zero-order valence-corrected chi connectivity index (χ0v) is 13.5. The molecule has 5 heteroatoms. The highest BCUT2D eigenvalue weighted by Gasteiger charge is 2.07. The summed E-state index contributed by atoms with van der Waals surface area (Å²) in [5, 5.41) is 0. The van der Waals surface area contributed by atoms with Crippen LogP contribution in [0.5, 0.6) is 0 Å². The van der Waals surface area contributed by atoms with Gasteiger partial charge in [-0.05, 0) is 53.5 Å². The Morgan fingerprint density at radius 1 is 1.29 bits per heavy atom. The van der Waals surface area contributed by atoms with E-state index in [0.29, 0.717) is 24.3 Å². The highest BCUT2D eigenvalue weighted by Crippen LogP contribution is 2.11. The normalized spacial score (nSPS) is 10.4. The number of esters is 1. The number of aromatic nitrogens is 1. The number of carbonyl (C=O) groups is 1. The van der Waals surface area contributed by atoms with E-state index < -0.39 is 0 Å². The predicted octanol–water partition coefficient (Wildman–Crippen LogP) is 3.14. The van der Waals surface area contributed by atoms with Crippen molar-refractivity contribution in [1.82, 2.24) is 4.57 Å². The van der Waals surface area contributed by atoms with Crippen molar-refractivity contribution >= 4 is 21.9 Å². The molecule has 0 radical (unpaired) electrons. The summed E-state index contributed by atoms with van der Waals surface area (Å²) in [7, 11) is 0. The van der Waals surface area contributed by atoms with Crippen LogP contribution in [0.25, 0.3) is 0 Å².